The fourth-order valence-electron chi connectivity index (χ4n) is 4.74. The zero-order valence-electron chi connectivity index (χ0n) is 19.4. The van der Waals surface area contributed by atoms with E-state index in [1.165, 1.54) is 4.31 Å². The fourth-order valence-corrected chi connectivity index (χ4v) is 6.23. The van der Waals surface area contributed by atoms with Crippen molar-refractivity contribution < 1.29 is 28.1 Å². The van der Waals surface area contributed by atoms with E-state index in [1.54, 1.807) is 30.3 Å². The molecule has 1 aliphatic heterocycles. The quantitative estimate of drug-likeness (QED) is 0.176. The van der Waals surface area contributed by atoms with E-state index in [1.807, 2.05) is 0 Å². The molecule has 1 aliphatic carbocycles. The van der Waals surface area contributed by atoms with Gasteiger partial charge < -0.3 is 26.4 Å². The Kier molecular flexibility index (Phi) is 9.10. The first-order valence-corrected chi connectivity index (χ1v) is 13.4. The number of piperidine rings is 1. The summed E-state index contributed by atoms with van der Waals surface area (Å²) in [6.07, 6.45) is 3.63. The van der Waals surface area contributed by atoms with Gasteiger partial charge in [-0.3, -0.25) is 9.59 Å². The molecule has 1 aromatic rings. The standard InChI is InChI=1S/C22H35BN4O6S/c24-19(9-6-14-23(30)31)26-21(29)22(12-4-5-13-22)20(28)25-17-10-15-27(16-11-17)34(32,33)18-7-2-1-3-8-18/h1-3,7-8,17,19,30-31H,4-6,9-16,24H2,(H,25,28)(H,26,29). The number of nitrogens with two attached hydrogens (primary N) is 1. The van der Waals surface area contributed by atoms with Crippen molar-refractivity contribution in [3.8, 4) is 0 Å². The Morgan fingerprint density at radius 3 is 2.32 bits per heavy atom. The van der Waals surface area contributed by atoms with Gasteiger partial charge in [-0.15, -0.1) is 0 Å². The molecule has 0 radical (unpaired) electrons. The van der Waals surface area contributed by atoms with Gasteiger partial charge in [-0.25, -0.2) is 8.42 Å². The molecular formula is C22H35BN4O6S. The summed E-state index contributed by atoms with van der Waals surface area (Å²) in [6, 6.07) is 8.08. The summed E-state index contributed by atoms with van der Waals surface area (Å²) >= 11 is 0. The minimum absolute atomic E-state index is 0.161. The highest BCUT2D eigenvalue weighted by Crippen LogP contribution is 2.39. The summed E-state index contributed by atoms with van der Waals surface area (Å²) < 4.78 is 27.1. The number of hydrogen-bond acceptors (Lipinski definition) is 7. The molecule has 2 fully saturated rings. The summed E-state index contributed by atoms with van der Waals surface area (Å²) in [5, 5.41) is 23.6. The number of nitrogens with zero attached hydrogens (tertiary/aromatic N) is 1. The average Bonchev–Trinajstić information content (AvgIpc) is 3.31. The van der Waals surface area contributed by atoms with Crippen molar-refractivity contribution in [2.24, 2.45) is 11.1 Å². The highest BCUT2D eigenvalue weighted by Gasteiger charge is 2.48. The van der Waals surface area contributed by atoms with Gasteiger partial charge in [0.25, 0.3) is 0 Å². The van der Waals surface area contributed by atoms with Crippen LogP contribution in [0.3, 0.4) is 0 Å². The summed E-state index contributed by atoms with van der Waals surface area (Å²) in [6.45, 7) is 0.589. The van der Waals surface area contributed by atoms with Crippen molar-refractivity contribution in [1.29, 1.82) is 0 Å². The maximum absolute atomic E-state index is 13.3. The number of hydrogen-bond donors (Lipinski definition) is 5. The molecule has 1 unspecified atom stereocenters. The molecule has 0 spiro atoms. The highest BCUT2D eigenvalue weighted by atomic mass is 32.2. The van der Waals surface area contributed by atoms with Crippen LogP contribution < -0.4 is 16.4 Å². The van der Waals surface area contributed by atoms with E-state index in [0.717, 1.165) is 12.8 Å². The van der Waals surface area contributed by atoms with E-state index in [-0.39, 0.29) is 23.2 Å². The Morgan fingerprint density at radius 2 is 1.74 bits per heavy atom. The second kappa shape index (κ2) is 11.6. The lowest BCUT2D eigenvalue weighted by atomic mass is 9.82. The molecule has 188 valence electrons. The number of sulfonamides is 1. The van der Waals surface area contributed by atoms with Crippen LogP contribution in [-0.2, 0) is 19.6 Å². The predicted molar refractivity (Wildman–Crippen MR) is 128 cm³/mol. The van der Waals surface area contributed by atoms with Crippen LogP contribution in [0.5, 0.6) is 0 Å². The number of carbonyl (C=O) groups excluding carboxylic acids is 2. The Balaban J connectivity index is 1.55. The summed E-state index contributed by atoms with van der Waals surface area (Å²) in [4.78, 5) is 26.6. The summed E-state index contributed by atoms with van der Waals surface area (Å²) in [7, 11) is -4.98. The number of amides is 2. The number of rotatable bonds is 10. The van der Waals surface area contributed by atoms with Crippen LogP contribution in [0.1, 0.15) is 51.4 Å². The van der Waals surface area contributed by atoms with Gasteiger partial charge in [0.2, 0.25) is 21.8 Å². The second-order valence-electron chi connectivity index (χ2n) is 9.25. The molecule has 0 aromatic heterocycles. The Labute approximate surface area is 201 Å². The minimum Gasteiger partial charge on any atom is -0.427 e. The third kappa shape index (κ3) is 6.36. The second-order valence-corrected chi connectivity index (χ2v) is 11.2. The van der Waals surface area contributed by atoms with Gasteiger partial charge in [0.05, 0.1) is 11.1 Å². The first-order valence-electron chi connectivity index (χ1n) is 11.9. The minimum atomic E-state index is -3.57. The number of carbonyl (C=O) groups is 2. The Morgan fingerprint density at radius 1 is 1.12 bits per heavy atom. The van der Waals surface area contributed by atoms with Crippen molar-refractivity contribution in [3.63, 3.8) is 0 Å². The van der Waals surface area contributed by atoms with Crippen LogP contribution in [0.15, 0.2) is 35.2 Å². The number of nitrogens with one attached hydrogen (secondary N) is 2. The highest BCUT2D eigenvalue weighted by molar-refractivity contribution is 7.89. The van der Waals surface area contributed by atoms with E-state index < -0.39 is 34.6 Å². The van der Waals surface area contributed by atoms with E-state index >= 15 is 0 Å². The van der Waals surface area contributed by atoms with Gasteiger partial charge in [-0.1, -0.05) is 37.5 Å². The van der Waals surface area contributed by atoms with E-state index in [0.29, 0.717) is 51.6 Å². The lowest BCUT2D eigenvalue weighted by Gasteiger charge is -2.34. The van der Waals surface area contributed by atoms with E-state index in [4.69, 9.17) is 15.8 Å². The Bertz CT molecular complexity index is 932. The Hall–Kier alpha value is -1.99. The van der Waals surface area contributed by atoms with Crippen LogP contribution in [0.25, 0.3) is 0 Å². The first-order chi connectivity index (χ1) is 16.1. The number of benzene rings is 1. The zero-order chi connectivity index (χ0) is 24.8. The van der Waals surface area contributed by atoms with Crippen molar-refractivity contribution in [3.05, 3.63) is 30.3 Å². The van der Waals surface area contributed by atoms with Gasteiger partial charge in [-0.2, -0.15) is 4.31 Å². The maximum atomic E-state index is 13.3. The SMILES string of the molecule is NC(CCCB(O)O)NC(=O)C1(C(=O)NC2CCN(S(=O)(=O)c3ccccc3)CC2)CCCC1. The maximum Gasteiger partial charge on any atom is 0.451 e. The van der Waals surface area contributed by atoms with Crippen molar-refractivity contribution in [2.45, 2.75) is 74.8 Å². The molecule has 1 saturated heterocycles. The van der Waals surface area contributed by atoms with E-state index in [2.05, 4.69) is 10.6 Å². The van der Waals surface area contributed by atoms with Crippen LogP contribution in [0.2, 0.25) is 6.32 Å². The van der Waals surface area contributed by atoms with Crippen LogP contribution in [0, 0.1) is 5.41 Å². The molecule has 1 aromatic carbocycles. The summed E-state index contributed by atoms with van der Waals surface area (Å²) in [5.41, 5.74) is 4.81. The molecule has 1 saturated carbocycles. The molecule has 1 heterocycles. The van der Waals surface area contributed by atoms with Gasteiger partial charge in [-0.05, 0) is 50.6 Å². The van der Waals surface area contributed by atoms with Gasteiger partial charge in [0.15, 0.2) is 0 Å². The molecule has 2 aliphatic rings. The normalized spacial score (nSPS) is 20.0. The lowest BCUT2D eigenvalue weighted by Crippen LogP contribution is -2.56. The smallest absolute Gasteiger partial charge is 0.427 e. The lowest BCUT2D eigenvalue weighted by molar-refractivity contribution is -0.144. The molecule has 12 heteroatoms. The van der Waals surface area contributed by atoms with Gasteiger partial charge in [0.1, 0.15) is 5.41 Å². The third-order valence-corrected chi connectivity index (χ3v) is 8.70. The molecule has 0 bridgehead atoms. The van der Waals surface area contributed by atoms with Crippen molar-refractivity contribution in [2.75, 3.05) is 13.1 Å². The molecular weight excluding hydrogens is 459 g/mol. The third-order valence-electron chi connectivity index (χ3n) is 6.79. The summed E-state index contributed by atoms with van der Waals surface area (Å²) in [5.74, 6) is -0.728. The fraction of sp³-hybridized carbons (Fsp3) is 0.636. The molecule has 3 rings (SSSR count). The zero-order valence-corrected chi connectivity index (χ0v) is 20.2. The topological polar surface area (TPSA) is 162 Å². The van der Waals surface area contributed by atoms with Gasteiger partial charge >= 0.3 is 7.12 Å². The van der Waals surface area contributed by atoms with Crippen LogP contribution in [0.4, 0.5) is 0 Å². The molecule has 2 amide bonds. The van der Waals surface area contributed by atoms with Gasteiger partial charge in [0, 0.05) is 19.1 Å². The van der Waals surface area contributed by atoms with Crippen molar-refractivity contribution in [1.82, 2.24) is 14.9 Å². The molecule has 34 heavy (non-hydrogen) atoms. The monoisotopic (exact) mass is 494 g/mol. The van der Waals surface area contributed by atoms with Crippen LogP contribution >= 0.6 is 0 Å². The van der Waals surface area contributed by atoms with E-state index in [9.17, 15) is 18.0 Å². The molecule has 1 atom stereocenters. The average molecular weight is 494 g/mol. The van der Waals surface area contributed by atoms with Crippen LogP contribution in [-0.4, -0.2) is 67.0 Å². The molecule has 10 nitrogen and oxygen atoms in total. The predicted octanol–water partition coefficient (Wildman–Crippen LogP) is 0.170. The largest absolute Gasteiger partial charge is 0.451 e. The van der Waals surface area contributed by atoms with Crippen molar-refractivity contribution >= 4 is 29.0 Å². The molecule has 6 N–H and O–H groups in total. The first kappa shape index (κ1) is 26.6.